The molecule has 36 heavy (non-hydrogen) atoms. The van der Waals surface area contributed by atoms with E-state index in [1.807, 2.05) is 36.4 Å². The van der Waals surface area contributed by atoms with Gasteiger partial charge >= 0.3 is 5.97 Å². The van der Waals surface area contributed by atoms with Crippen molar-refractivity contribution in [3.8, 4) is 17.2 Å². The highest BCUT2D eigenvalue weighted by atomic mass is 16.5. The van der Waals surface area contributed by atoms with Crippen molar-refractivity contribution in [2.45, 2.75) is 25.2 Å². The molecule has 0 saturated heterocycles. The van der Waals surface area contributed by atoms with Gasteiger partial charge in [-0.1, -0.05) is 60.7 Å². The van der Waals surface area contributed by atoms with Gasteiger partial charge in [-0.15, -0.1) is 0 Å². The molecule has 0 spiro atoms. The molecule has 190 valence electrons. The number of methoxy groups -OCH3 is 3. The van der Waals surface area contributed by atoms with E-state index in [2.05, 4.69) is 29.6 Å². The van der Waals surface area contributed by atoms with Gasteiger partial charge in [0.15, 0.2) is 18.1 Å². The van der Waals surface area contributed by atoms with E-state index < -0.39 is 5.97 Å². The zero-order valence-corrected chi connectivity index (χ0v) is 21.0. The summed E-state index contributed by atoms with van der Waals surface area (Å²) in [6.45, 7) is 0.158. The van der Waals surface area contributed by atoms with Crippen LogP contribution in [0.4, 0.5) is 0 Å². The summed E-state index contributed by atoms with van der Waals surface area (Å²) >= 11 is 0. The zero-order valence-electron chi connectivity index (χ0n) is 21.0. The topological polar surface area (TPSA) is 83.1 Å². The predicted molar refractivity (Wildman–Crippen MR) is 138 cm³/mol. The third-order valence-corrected chi connectivity index (χ3v) is 5.87. The number of carbonyl (C=O) groups is 2. The summed E-state index contributed by atoms with van der Waals surface area (Å²) in [5.41, 5.74) is 3.21. The summed E-state index contributed by atoms with van der Waals surface area (Å²) < 4.78 is 21.2. The lowest BCUT2D eigenvalue weighted by atomic mass is 9.88. The largest absolute Gasteiger partial charge is 0.493 e. The van der Waals surface area contributed by atoms with Crippen LogP contribution in [-0.2, 0) is 20.7 Å². The van der Waals surface area contributed by atoms with Crippen LogP contribution >= 0.6 is 0 Å². The van der Waals surface area contributed by atoms with Gasteiger partial charge in [-0.25, -0.2) is 0 Å². The van der Waals surface area contributed by atoms with Gasteiger partial charge in [0.1, 0.15) is 0 Å². The first-order valence-corrected chi connectivity index (χ1v) is 11.9. The zero-order chi connectivity index (χ0) is 25.8. The van der Waals surface area contributed by atoms with Crippen molar-refractivity contribution < 1.29 is 28.5 Å². The maximum Gasteiger partial charge on any atom is 0.306 e. The Kier molecular flexibility index (Phi) is 10.2. The molecule has 1 amide bonds. The number of ether oxygens (including phenoxy) is 4. The lowest BCUT2D eigenvalue weighted by Gasteiger charge is -2.18. The van der Waals surface area contributed by atoms with Crippen LogP contribution < -0.4 is 19.5 Å². The molecule has 0 aromatic heterocycles. The average molecular weight is 492 g/mol. The molecule has 0 aliphatic heterocycles. The van der Waals surface area contributed by atoms with E-state index >= 15 is 0 Å². The Balaban J connectivity index is 1.46. The van der Waals surface area contributed by atoms with Crippen LogP contribution in [0.3, 0.4) is 0 Å². The van der Waals surface area contributed by atoms with Crippen molar-refractivity contribution >= 4 is 11.9 Å². The fourth-order valence-electron chi connectivity index (χ4n) is 4.05. The Morgan fingerprint density at radius 2 is 1.36 bits per heavy atom. The standard InChI is InChI=1S/C29H33NO6/c1-33-25-18-21(19-26(34-2)29(25)35-3)14-15-28(32)36-20-27(31)30-17-16-24(22-10-6-4-7-11-22)23-12-8-5-9-13-23/h4-13,18-19,24H,14-17,20H2,1-3H3,(H,30,31). The summed E-state index contributed by atoms with van der Waals surface area (Å²) in [5.74, 6) is 0.910. The van der Waals surface area contributed by atoms with E-state index in [0.717, 1.165) is 12.0 Å². The maximum atomic E-state index is 12.3. The summed E-state index contributed by atoms with van der Waals surface area (Å²) in [6.07, 6.45) is 1.26. The van der Waals surface area contributed by atoms with Gasteiger partial charge in [0.25, 0.3) is 5.91 Å². The van der Waals surface area contributed by atoms with Gasteiger partial charge in [-0.3, -0.25) is 9.59 Å². The number of rotatable bonds is 13. The van der Waals surface area contributed by atoms with Crippen molar-refractivity contribution in [1.82, 2.24) is 5.32 Å². The second-order valence-corrected chi connectivity index (χ2v) is 8.21. The molecule has 3 aromatic rings. The summed E-state index contributed by atoms with van der Waals surface area (Å²) in [7, 11) is 4.61. The Morgan fingerprint density at radius 3 is 1.86 bits per heavy atom. The molecule has 0 fully saturated rings. The molecule has 0 saturated carbocycles. The third-order valence-electron chi connectivity index (χ3n) is 5.87. The smallest absolute Gasteiger partial charge is 0.306 e. The number of benzene rings is 3. The Bertz CT molecular complexity index is 1050. The first kappa shape index (κ1) is 26.6. The van der Waals surface area contributed by atoms with Gasteiger partial charge in [0.05, 0.1) is 21.3 Å². The fourth-order valence-corrected chi connectivity index (χ4v) is 4.05. The van der Waals surface area contributed by atoms with Crippen molar-refractivity contribution in [3.05, 3.63) is 89.5 Å². The number of hydrogen-bond donors (Lipinski definition) is 1. The van der Waals surface area contributed by atoms with Crippen LogP contribution in [0.1, 0.15) is 35.4 Å². The SMILES string of the molecule is COc1cc(CCC(=O)OCC(=O)NCCC(c2ccccc2)c2ccccc2)cc(OC)c1OC. The molecular formula is C29H33NO6. The van der Waals surface area contributed by atoms with Gasteiger partial charge < -0.3 is 24.3 Å². The van der Waals surface area contributed by atoms with Gasteiger partial charge in [0.2, 0.25) is 5.75 Å². The van der Waals surface area contributed by atoms with Crippen molar-refractivity contribution in [2.24, 2.45) is 0 Å². The molecule has 7 nitrogen and oxygen atoms in total. The van der Waals surface area contributed by atoms with Gasteiger partial charge in [-0.2, -0.15) is 0 Å². The molecule has 0 unspecified atom stereocenters. The highest BCUT2D eigenvalue weighted by Gasteiger charge is 2.16. The molecule has 0 aliphatic rings. The van der Waals surface area contributed by atoms with Crippen LogP contribution in [0.25, 0.3) is 0 Å². The Labute approximate surface area is 212 Å². The van der Waals surface area contributed by atoms with Crippen molar-refractivity contribution in [3.63, 3.8) is 0 Å². The van der Waals surface area contributed by atoms with E-state index in [9.17, 15) is 9.59 Å². The predicted octanol–water partition coefficient (Wildman–Crippen LogP) is 4.53. The van der Waals surface area contributed by atoms with Crippen molar-refractivity contribution in [1.29, 1.82) is 0 Å². The summed E-state index contributed by atoms with van der Waals surface area (Å²) in [6, 6.07) is 24.0. The minimum Gasteiger partial charge on any atom is -0.493 e. The normalized spacial score (nSPS) is 10.6. The lowest BCUT2D eigenvalue weighted by molar-refractivity contribution is -0.148. The van der Waals surface area contributed by atoms with E-state index in [-0.39, 0.29) is 24.9 Å². The minimum atomic E-state index is -0.453. The number of hydrogen-bond acceptors (Lipinski definition) is 6. The Hall–Kier alpha value is -4.00. The second kappa shape index (κ2) is 13.8. The molecule has 3 aromatic carbocycles. The van der Waals surface area contributed by atoms with Crippen LogP contribution in [-0.4, -0.2) is 46.4 Å². The molecule has 3 rings (SSSR count). The third kappa shape index (κ3) is 7.50. The number of carbonyl (C=O) groups excluding carboxylic acids is 2. The molecule has 1 N–H and O–H groups in total. The van der Waals surface area contributed by atoms with Gasteiger partial charge in [0, 0.05) is 18.9 Å². The van der Waals surface area contributed by atoms with Crippen LogP contribution in [0.15, 0.2) is 72.8 Å². The van der Waals surface area contributed by atoms with E-state index in [1.165, 1.54) is 32.5 Å². The number of amides is 1. The quantitative estimate of drug-likeness (QED) is 0.354. The van der Waals surface area contributed by atoms with Gasteiger partial charge in [-0.05, 0) is 41.7 Å². The van der Waals surface area contributed by atoms with E-state index in [0.29, 0.717) is 30.2 Å². The number of aryl methyl sites for hydroxylation is 1. The monoisotopic (exact) mass is 491 g/mol. The molecule has 0 atom stereocenters. The molecule has 0 heterocycles. The number of nitrogens with one attached hydrogen (secondary N) is 1. The summed E-state index contributed by atoms with van der Waals surface area (Å²) in [4.78, 5) is 24.5. The molecule has 0 radical (unpaired) electrons. The first-order chi connectivity index (χ1) is 17.5. The first-order valence-electron chi connectivity index (χ1n) is 11.9. The average Bonchev–Trinajstić information content (AvgIpc) is 2.93. The van der Waals surface area contributed by atoms with Crippen molar-refractivity contribution in [2.75, 3.05) is 34.5 Å². The van der Waals surface area contributed by atoms with Crippen LogP contribution in [0.5, 0.6) is 17.2 Å². The van der Waals surface area contributed by atoms with Crippen LogP contribution in [0.2, 0.25) is 0 Å². The maximum absolute atomic E-state index is 12.3. The molecule has 0 aliphatic carbocycles. The Morgan fingerprint density at radius 1 is 0.806 bits per heavy atom. The lowest BCUT2D eigenvalue weighted by Crippen LogP contribution is -2.30. The number of esters is 1. The molecule has 7 heteroatoms. The summed E-state index contributed by atoms with van der Waals surface area (Å²) in [5, 5.41) is 2.86. The highest BCUT2D eigenvalue weighted by molar-refractivity contribution is 5.80. The van der Waals surface area contributed by atoms with Crippen LogP contribution in [0, 0.1) is 0 Å². The van der Waals surface area contributed by atoms with E-state index in [4.69, 9.17) is 18.9 Å². The second-order valence-electron chi connectivity index (χ2n) is 8.21. The fraction of sp³-hybridized carbons (Fsp3) is 0.310. The van der Waals surface area contributed by atoms with E-state index in [1.54, 1.807) is 12.1 Å². The molecule has 0 bridgehead atoms. The molecular weight excluding hydrogens is 458 g/mol. The minimum absolute atomic E-state index is 0.121. The highest BCUT2D eigenvalue weighted by Crippen LogP contribution is 2.38.